The molecule has 0 fully saturated rings. The van der Waals surface area contributed by atoms with Crippen LogP contribution in [0.25, 0.3) is 10.6 Å². The van der Waals surface area contributed by atoms with Gasteiger partial charge in [-0.2, -0.15) is 0 Å². The van der Waals surface area contributed by atoms with Gasteiger partial charge in [-0.15, -0.1) is 17.8 Å². The van der Waals surface area contributed by atoms with Crippen molar-refractivity contribution in [1.82, 2.24) is 14.9 Å². The number of carbonyl (C=O) groups excluding carboxylic acids is 1. The molecule has 7 heteroatoms. The molecule has 2 heterocycles. The SMILES string of the molecule is C#CCN(C)C(=O)c1ccc(-c2ccnc(Nc3cccc(C(C)O)c3)n2)s1. The summed E-state index contributed by atoms with van der Waals surface area (Å²) < 4.78 is 0. The first-order chi connectivity index (χ1) is 13.5. The first-order valence-corrected chi connectivity index (χ1v) is 9.47. The second-order valence-corrected chi connectivity index (χ2v) is 7.30. The van der Waals surface area contributed by atoms with Gasteiger partial charge in [0.15, 0.2) is 0 Å². The quantitative estimate of drug-likeness (QED) is 0.626. The first kappa shape index (κ1) is 19.5. The maximum atomic E-state index is 12.3. The highest BCUT2D eigenvalue weighted by atomic mass is 32.1. The Morgan fingerprint density at radius 1 is 1.36 bits per heavy atom. The van der Waals surface area contributed by atoms with Crippen molar-refractivity contribution in [2.24, 2.45) is 0 Å². The highest BCUT2D eigenvalue weighted by Gasteiger charge is 2.15. The van der Waals surface area contributed by atoms with Crippen LogP contribution < -0.4 is 5.32 Å². The largest absolute Gasteiger partial charge is 0.389 e. The fourth-order valence-electron chi connectivity index (χ4n) is 2.55. The molecule has 6 nitrogen and oxygen atoms in total. The van der Waals surface area contributed by atoms with Crippen LogP contribution in [0.5, 0.6) is 0 Å². The summed E-state index contributed by atoms with van der Waals surface area (Å²) in [5.74, 6) is 2.79. The van der Waals surface area contributed by atoms with Gasteiger partial charge in [-0.05, 0) is 42.8 Å². The minimum atomic E-state index is -0.552. The predicted molar refractivity (Wildman–Crippen MR) is 111 cm³/mol. The lowest BCUT2D eigenvalue weighted by Crippen LogP contribution is -2.26. The Kier molecular flexibility index (Phi) is 6.04. The fourth-order valence-corrected chi connectivity index (χ4v) is 3.52. The van der Waals surface area contributed by atoms with Crippen LogP contribution in [-0.4, -0.2) is 39.5 Å². The van der Waals surface area contributed by atoms with E-state index in [9.17, 15) is 9.90 Å². The Hall–Kier alpha value is -3.21. The average molecular weight is 392 g/mol. The molecule has 142 valence electrons. The van der Waals surface area contributed by atoms with Crippen molar-refractivity contribution in [2.75, 3.05) is 18.9 Å². The Labute approximate surface area is 167 Å². The van der Waals surface area contributed by atoms with Crippen LogP contribution in [0.3, 0.4) is 0 Å². The molecule has 0 aliphatic heterocycles. The predicted octanol–water partition coefficient (Wildman–Crippen LogP) is 3.71. The zero-order valence-electron chi connectivity index (χ0n) is 15.6. The van der Waals surface area contributed by atoms with E-state index in [2.05, 4.69) is 21.2 Å². The van der Waals surface area contributed by atoms with E-state index in [1.807, 2.05) is 30.3 Å². The van der Waals surface area contributed by atoms with Gasteiger partial charge in [0.2, 0.25) is 5.95 Å². The molecule has 2 aromatic heterocycles. The van der Waals surface area contributed by atoms with Gasteiger partial charge in [0.25, 0.3) is 5.91 Å². The maximum Gasteiger partial charge on any atom is 0.264 e. The number of aliphatic hydroxyl groups excluding tert-OH is 1. The van der Waals surface area contributed by atoms with Gasteiger partial charge in [0.1, 0.15) is 0 Å². The van der Waals surface area contributed by atoms with E-state index in [1.165, 1.54) is 16.2 Å². The molecule has 0 saturated carbocycles. The van der Waals surface area contributed by atoms with Crippen LogP contribution in [0.1, 0.15) is 28.3 Å². The summed E-state index contributed by atoms with van der Waals surface area (Å²) in [5.41, 5.74) is 2.31. The number of terminal acetylenes is 1. The Bertz CT molecular complexity index is 1020. The number of aliphatic hydroxyl groups is 1. The number of anilines is 2. The molecule has 0 spiro atoms. The Morgan fingerprint density at radius 3 is 2.93 bits per heavy atom. The van der Waals surface area contributed by atoms with Crippen LogP contribution in [0, 0.1) is 12.3 Å². The monoisotopic (exact) mass is 392 g/mol. The standard InChI is InChI=1S/C21H20N4O2S/c1-4-12-25(3)20(27)19-9-8-18(28-19)17-10-11-22-21(24-17)23-16-7-5-6-15(13-16)14(2)26/h1,5-11,13-14,26H,12H2,2-3H3,(H,22,23,24). The molecule has 3 aromatic rings. The fraction of sp³-hybridized carbons (Fsp3) is 0.190. The average Bonchev–Trinajstić information content (AvgIpc) is 3.18. The van der Waals surface area contributed by atoms with Gasteiger partial charge in [0, 0.05) is 18.9 Å². The smallest absolute Gasteiger partial charge is 0.264 e. The number of benzene rings is 1. The molecular formula is C21H20N4O2S. The van der Waals surface area contributed by atoms with E-state index in [-0.39, 0.29) is 12.5 Å². The van der Waals surface area contributed by atoms with Gasteiger partial charge < -0.3 is 15.3 Å². The number of amides is 1. The van der Waals surface area contributed by atoms with Crippen LogP contribution in [-0.2, 0) is 0 Å². The van der Waals surface area contributed by atoms with E-state index in [4.69, 9.17) is 6.42 Å². The molecule has 2 N–H and O–H groups in total. The van der Waals surface area contributed by atoms with E-state index in [0.29, 0.717) is 16.5 Å². The molecule has 1 atom stereocenters. The normalized spacial score (nSPS) is 11.5. The number of nitrogens with zero attached hydrogens (tertiary/aromatic N) is 3. The number of thiophene rings is 1. The number of rotatable bonds is 6. The second-order valence-electron chi connectivity index (χ2n) is 6.22. The van der Waals surface area contributed by atoms with Gasteiger partial charge in [-0.3, -0.25) is 4.79 Å². The lowest BCUT2D eigenvalue weighted by atomic mass is 10.1. The molecule has 3 rings (SSSR count). The van der Waals surface area contributed by atoms with Crippen molar-refractivity contribution in [3.05, 3.63) is 59.1 Å². The van der Waals surface area contributed by atoms with Crippen LogP contribution in [0.15, 0.2) is 48.7 Å². The summed E-state index contributed by atoms with van der Waals surface area (Å²) in [6.45, 7) is 1.98. The minimum Gasteiger partial charge on any atom is -0.389 e. The van der Waals surface area contributed by atoms with Crippen molar-refractivity contribution < 1.29 is 9.90 Å². The van der Waals surface area contributed by atoms with E-state index >= 15 is 0 Å². The molecular weight excluding hydrogens is 372 g/mol. The highest BCUT2D eigenvalue weighted by molar-refractivity contribution is 7.17. The summed E-state index contributed by atoms with van der Waals surface area (Å²) in [6, 6.07) is 12.9. The highest BCUT2D eigenvalue weighted by Crippen LogP contribution is 2.28. The molecule has 0 saturated heterocycles. The number of hydrogen-bond donors (Lipinski definition) is 2. The number of aromatic nitrogens is 2. The molecule has 0 radical (unpaired) electrons. The third kappa shape index (κ3) is 4.55. The minimum absolute atomic E-state index is 0.114. The van der Waals surface area contributed by atoms with Crippen molar-refractivity contribution in [3.8, 4) is 22.9 Å². The Morgan fingerprint density at radius 2 is 2.18 bits per heavy atom. The summed E-state index contributed by atoms with van der Waals surface area (Å²) >= 11 is 1.36. The molecule has 0 aliphatic carbocycles. The van der Waals surface area contributed by atoms with Gasteiger partial charge in [-0.25, -0.2) is 9.97 Å². The van der Waals surface area contributed by atoms with E-state index < -0.39 is 6.10 Å². The third-order valence-electron chi connectivity index (χ3n) is 4.03. The topological polar surface area (TPSA) is 78.4 Å². The number of hydrogen-bond acceptors (Lipinski definition) is 6. The molecule has 0 bridgehead atoms. The second kappa shape index (κ2) is 8.65. The summed E-state index contributed by atoms with van der Waals surface area (Å²) in [4.78, 5) is 24.1. The van der Waals surface area contributed by atoms with E-state index in [1.54, 1.807) is 32.3 Å². The van der Waals surface area contributed by atoms with Gasteiger partial charge in [-0.1, -0.05) is 18.1 Å². The Balaban J connectivity index is 1.80. The molecule has 1 aromatic carbocycles. The van der Waals surface area contributed by atoms with Crippen LogP contribution in [0.2, 0.25) is 0 Å². The molecule has 1 unspecified atom stereocenters. The van der Waals surface area contributed by atoms with Crippen molar-refractivity contribution >= 4 is 28.9 Å². The van der Waals surface area contributed by atoms with E-state index in [0.717, 1.165) is 16.1 Å². The summed E-state index contributed by atoms with van der Waals surface area (Å²) in [5, 5.41) is 12.9. The van der Waals surface area contributed by atoms with Crippen molar-refractivity contribution in [3.63, 3.8) is 0 Å². The zero-order chi connectivity index (χ0) is 20.1. The molecule has 28 heavy (non-hydrogen) atoms. The first-order valence-electron chi connectivity index (χ1n) is 8.65. The third-order valence-corrected chi connectivity index (χ3v) is 5.12. The maximum absolute atomic E-state index is 12.3. The molecule has 1 amide bonds. The number of nitrogens with one attached hydrogen (secondary N) is 1. The van der Waals surface area contributed by atoms with Gasteiger partial charge >= 0.3 is 0 Å². The summed E-state index contributed by atoms with van der Waals surface area (Å²) in [6.07, 6.45) is 6.38. The molecule has 0 aliphatic rings. The van der Waals surface area contributed by atoms with Gasteiger partial charge in [0.05, 0.1) is 28.1 Å². The van der Waals surface area contributed by atoms with Crippen molar-refractivity contribution in [2.45, 2.75) is 13.0 Å². The zero-order valence-corrected chi connectivity index (χ0v) is 16.4. The lowest BCUT2D eigenvalue weighted by molar-refractivity contribution is 0.0817. The van der Waals surface area contributed by atoms with Crippen molar-refractivity contribution in [1.29, 1.82) is 0 Å². The lowest BCUT2D eigenvalue weighted by Gasteiger charge is -2.11. The number of carbonyl (C=O) groups is 1. The van der Waals surface area contributed by atoms with Crippen LogP contribution in [0.4, 0.5) is 11.6 Å². The van der Waals surface area contributed by atoms with Crippen LogP contribution >= 0.6 is 11.3 Å². The summed E-state index contributed by atoms with van der Waals surface area (Å²) in [7, 11) is 1.68.